The number of aromatic amines is 1. The van der Waals surface area contributed by atoms with E-state index in [1.54, 1.807) is 12.1 Å². The first-order chi connectivity index (χ1) is 19.8. The van der Waals surface area contributed by atoms with E-state index in [-0.39, 0.29) is 35.7 Å². The van der Waals surface area contributed by atoms with Crippen LogP contribution in [0, 0.1) is 11.7 Å². The highest BCUT2D eigenvalue weighted by Crippen LogP contribution is 2.45. The Kier molecular flexibility index (Phi) is 7.08. The number of imidazole rings is 1. The van der Waals surface area contributed by atoms with Gasteiger partial charge in [-0.05, 0) is 87.2 Å². The molecular weight excluding hydrogens is 521 g/mol. The third-order valence-corrected chi connectivity index (χ3v) is 10.7. The number of hydrogen-bond acceptors (Lipinski definition) is 7. The fraction of sp³-hybridized carbons (Fsp3) is 0.677. The van der Waals surface area contributed by atoms with Crippen LogP contribution in [0.5, 0.6) is 5.75 Å². The maximum atomic E-state index is 14.3. The van der Waals surface area contributed by atoms with E-state index < -0.39 is 5.82 Å². The minimum Gasteiger partial charge on any atom is -0.505 e. The summed E-state index contributed by atoms with van der Waals surface area (Å²) in [5, 5.41) is 9.88. The minimum absolute atomic E-state index is 0.0763. The van der Waals surface area contributed by atoms with E-state index in [1.165, 1.54) is 0 Å². The molecule has 2 bridgehead atoms. The molecule has 4 unspecified atom stereocenters. The molecule has 3 saturated heterocycles. The number of rotatable bonds is 6. The number of carbonyl (C=O) groups is 1. The minimum atomic E-state index is -0.533. The first-order valence-electron chi connectivity index (χ1n) is 15.7. The van der Waals surface area contributed by atoms with E-state index in [0.717, 1.165) is 93.0 Å². The van der Waals surface area contributed by atoms with Gasteiger partial charge >= 0.3 is 0 Å². The number of likely N-dealkylation sites (N-methyl/N-ethyl adjacent to an activating group) is 1. The lowest BCUT2D eigenvalue weighted by Crippen LogP contribution is -2.56. The van der Waals surface area contributed by atoms with Gasteiger partial charge in [0.2, 0.25) is 5.91 Å². The highest BCUT2D eigenvalue weighted by molar-refractivity contribution is 5.83. The molecule has 10 heteroatoms. The standard InChI is InChI=1S/C31H44FN7O2/c1-4-8-38-16-26-25(13-27(38)31(41)39-15-19-11-20(39)14-37(19)3)33-30(34-26)29-21-7-6-18(9-24(21)35-36-29)22-12-23(32)28(40)10-17(22)5-2/h10,12,18-21,24,27,29,35-36,40H,4-9,11,13-16H2,1-3H3,(H,33,34)/t18?,19-,20-,21?,24?,27-,29?/m0/s1. The predicted molar refractivity (Wildman–Crippen MR) is 154 cm³/mol. The summed E-state index contributed by atoms with van der Waals surface area (Å²) in [6, 6.07) is 4.20. The van der Waals surface area contributed by atoms with Crippen molar-refractivity contribution < 1.29 is 14.3 Å². The average Bonchev–Trinajstić information content (AvgIpc) is 3.75. The molecule has 4 N–H and O–H groups in total. The fourth-order valence-corrected chi connectivity index (χ4v) is 8.56. The number of hydrazine groups is 1. The van der Waals surface area contributed by atoms with Crippen molar-refractivity contribution in [1.82, 2.24) is 35.5 Å². The van der Waals surface area contributed by atoms with Crippen molar-refractivity contribution in [2.45, 2.75) is 101 Å². The summed E-state index contributed by atoms with van der Waals surface area (Å²) in [6.45, 7) is 7.71. The number of aromatic hydroxyl groups is 1. The number of carbonyl (C=O) groups excluding carboxylic acids is 1. The molecular formula is C31H44FN7O2. The molecule has 1 amide bonds. The summed E-state index contributed by atoms with van der Waals surface area (Å²) in [6.07, 6.45) is 6.45. The van der Waals surface area contributed by atoms with Gasteiger partial charge < -0.3 is 15.0 Å². The first kappa shape index (κ1) is 27.3. The van der Waals surface area contributed by atoms with Crippen molar-refractivity contribution >= 4 is 5.91 Å². The van der Waals surface area contributed by atoms with Crippen LogP contribution in [-0.4, -0.2) is 86.5 Å². The lowest BCUT2D eigenvalue weighted by atomic mass is 9.73. The van der Waals surface area contributed by atoms with E-state index in [0.29, 0.717) is 24.4 Å². The number of likely N-dealkylation sites (tertiary alicyclic amines) is 2. The number of phenols is 1. The van der Waals surface area contributed by atoms with E-state index in [1.807, 2.05) is 0 Å². The third-order valence-electron chi connectivity index (χ3n) is 10.7. The van der Waals surface area contributed by atoms with Gasteiger partial charge in [0.15, 0.2) is 11.6 Å². The van der Waals surface area contributed by atoms with Crippen LogP contribution in [0.25, 0.3) is 0 Å². The molecule has 9 nitrogen and oxygen atoms in total. The molecule has 0 radical (unpaired) electrons. The molecule has 41 heavy (non-hydrogen) atoms. The van der Waals surface area contributed by atoms with Crippen molar-refractivity contribution in [3.63, 3.8) is 0 Å². The van der Waals surface area contributed by atoms with Crippen molar-refractivity contribution in [2.24, 2.45) is 5.92 Å². The summed E-state index contributed by atoms with van der Waals surface area (Å²) < 4.78 is 14.3. The van der Waals surface area contributed by atoms with Gasteiger partial charge in [-0.1, -0.05) is 13.8 Å². The molecule has 7 atom stereocenters. The third kappa shape index (κ3) is 4.67. The average molecular weight is 566 g/mol. The van der Waals surface area contributed by atoms with Crippen LogP contribution in [0.15, 0.2) is 12.1 Å². The van der Waals surface area contributed by atoms with Crippen LogP contribution in [0.2, 0.25) is 0 Å². The Morgan fingerprint density at radius 3 is 2.73 bits per heavy atom. The quantitative estimate of drug-likeness (QED) is 0.428. The van der Waals surface area contributed by atoms with E-state index in [2.05, 4.69) is 51.4 Å². The van der Waals surface area contributed by atoms with Crippen LogP contribution in [0.4, 0.5) is 4.39 Å². The summed E-state index contributed by atoms with van der Waals surface area (Å²) in [5.41, 5.74) is 11.3. The Hall–Kier alpha value is -2.53. The smallest absolute Gasteiger partial charge is 0.240 e. The van der Waals surface area contributed by atoms with Crippen LogP contribution in [0.3, 0.4) is 0 Å². The van der Waals surface area contributed by atoms with Crippen LogP contribution >= 0.6 is 0 Å². The Balaban J connectivity index is 1.06. The first-order valence-corrected chi connectivity index (χ1v) is 15.7. The molecule has 1 aromatic carbocycles. The molecule has 1 aliphatic carbocycles. The maximum absolute atomic E-state index is 14.3. The Morgan fingerprint density at radius 1 is 1.15 bits per heavy atom. The summed E-state index contributed by atoms with van der Waals surface area (Å²) in [7, 11) is 2.17. The Morgan fingerprint density at radius 2 is 2.00 bits per heavy atom. The molecule has 1 aromatic heterocycles. The van der Waals surface area contributed by atoms with Crippen molar-refractivity contribution in [2.75, 3.05) is 26.7 Å². The van der Waals surface area contributed by atoms with E-state index >= 15 is 0 Å². The molecule has 2 aromatic rings. The van der Waals surface area contributed by atoms with Crippen LogP contribution in [-0.2, 0) is 24.2 Å². The van der Waals surface area contributed by atoms with Gasteiger partial charge in [-0.25, -0.2) is 14.8 Å². The number of H-pyrrole nitrogens is 1. The van der Waals surface area contributed by atoms with Crippen LogP contribution < -0.4 is 10.9 Å². The Labute approximate surface area is 241 Å². The molecule has 0 spiro atoms. The monoisotopic (exact) mass is 565 g/mol. The van der Waals surface area contributed by atoms with E-state index in [9.17, 15) is 14.3 Å². The summed E-state index contributed by atoms with van der Waals surface area (Å²) in [4.78, 5) is 29.5. The summed E-state index contributed by atoms with van der Waals surface area (Å²) in [5.74, 6) is 1.09. The van der Waals surface area contributed by atoms with Gasteiger partial charge in [0, 0.05) is 44.2 Å². The number of piperazine rings is 1. The predicted octanol–water partition coefficient (Wildman–Crippen LogP) is 2.97. The highest BCUT2D eigenvalue weighted by Gasteiger charge is 2.48. The van der Waals surface area contributed by atoms with E-state index in [4.69, 9.17) is 4.98 Å². The molecule has 4 aliphatic heterocycles. The number of aromatic nitrogens is 2. The topological polar surface area (TPSA) is 99.8 Å². The zero-order chi connectivity index (χ0) is 28.4. The zero-order valence-corrected chi connectivity index (χ0v) is 24.5. The zero-order valence-electron chi connectivity index (χ0n) is 24.5. The SMILES string of the molecule is CCCN1Cc2[nH]c(C3NNC4CC(c5cc(F)c(O)cc5CC)CCC43)nc2C[C@H]1C(=O)N1C[C@@H]2C[C@H]1CN2C. The van der Waals surface area contributed by atoms with Crippen molar-refractivity contribution in [3.05, 3.63) is 46.3 Å². The molecule has 5 aliphatic rings. The second-order valence-electron chi connectivity index (χ2n) is 13.1. The molecule has 5 heterocycles. The lowest BCUT2D eigenvalue weighted by Gasteiger charge is -2.39. The summed E-state index contributed by atoms with van der Waals surface area (Å²) >= 11 is 0. The van der Waals surface area contributed by atoms with Gasteiger partial charge in [-0.3, -0.25) is 20.0 Å². The van der Waals surface area contributed by atoms with Gasteiger partial charge in [0.1, 0.15) is 5.82 Å². The highest BCUT2D eigenvalue weighted by atomic mass is 19.1. The number of phenolic OH excluding ortho intramolecular Hbond substituents is 1. The number of fused-ring (bicyclic) bond motifs is 4. The van der Waals surface area contributed by atoms with Crippen molar-refractivity contribution in [3.8, 4) is 5.75 Å². The largest absolute Gasteiger partial charge is 0.505 e. The molecule has 7 rings (SSSR count). The second kappa shape index (κ2) is 10.6. The number of nitrogens with zero attached hydrogens (tertiary/aromatic N) is 4. The molecule has 222 valence electrons. The number of benzene rings is 1. The normalized spacial score (nSPS) is 33.4. The van der Waals surface area contributed by atoms with Gasteiger partial charge in [-0.2, -0.15) is 0 Å². The molecule has 1 saturated carbocycles. The lowest BCUT2D eigenvalue weighted by molar-refractivity contribution is -0.140. The number of nitrogens with one attached hydrogen (secondary N) is 3. The number of aryl methyl sites for hydroxylation is 1. The van der Waals surface area contributed by atoms with Crippen LogP contribution in [0.1, 0.15) is 86.3 Å². The number of hydrogen-bond donors (Lipinski definition) is 4. The fourth-order valence-electron chi connectivity index (χ4n) is 8.56. The van der Waals surface area contributed by atoms with Gasteiger partial charge in [0.05, 0.1) is 23.5 Å². The van der Waals surface area contributed by atoms with Crippen molar-refractivity contribution in [1.29, 1.82) is 0 Å². The van der Waals surface area contributed by atoms with Gasteiger partial charge in [-0.15, -0.1) is 0 Å². The second-order valence-corrected chi connectivity index (χ2v) is 13.1. The maximum Gasteiger partial charge on any atom is 0.240 e. The van der Waals surface area contributed by atoms with Gasteiger partial charge in [0.25, 0.3) is 0 Å². The molecule has 4 fully saturated rings. The Bertz CT molecular complexity index is 1310. The number of halogens is 1. The number of amides is 1.